The number of nitrogens with zero attached hydrogens (tertiary/aromatic N) is 3. The molecule has 6 heteroatoms. The molecule has 1 aromatic heterocycles. The molecule has 2 rings (SSSR count). The molecule has 1 fully saturated rings. The monoisotopic (exact) mass is 292 g/mol. The number of aromatic nitrogens is 2. The molecule has 3 unspecified atom stereocenters. The summed E-state index contributed by atoms with van der Waals surface area (Å²) < 4.78 is 1.82. The summed E-state index contributed by atoms with van der Waals surface area (Å²) in [7, 11) is 1.87. The van der Waals surface area contributed by atoms with Crippen LogP contribution in [0.15, 0.2) is 25.0 Å². The van der Waals surface area contributed by atoms with E-state index in [0.29, 0.717) is 12.4 Å². The van der Waals surface area contributed by atoms with E-state index >= 15 is 0 Å². The average Bonchev–Trinajstić information content (AvgIpc) is 2.92. The second-order valence-electron chi connectivity index (χ2n) is 5.66. The highest BCUT2D eigenvalue weighted by molar-refractivity contribution is 5.74. The molecule has 2 heterocycles. The van der Waals surface area contributed by atoms with E-state index < -0.39 is 6.10 Å². The number of aliphatic hydroxyl groups is 1. The van der Waals surface area contributed by atoms with Crippen LogP contribution in [0.25, 0.3) is 0 Å². The second-order valence-corrected chi connectivity index (χ2v) is 5.66. The maximum Gasteiger partial charge on any atom is 0.317 e. The van der Waals surface area contributed by atoms with Gasteiger partial charge in [0, 0.05) is 44.5 Å². The number of imidazole rings is 1. The molecule has 21 heavy (non-hydrogen) atoms. The van der Waals surface area contributed by atoms with Gasteiger partial charge in [0.25, 0.3) is 0 Å². The van der Waals surface area contributed by atoms with Crippen molar-refractivity contribution >= 4 is 6.03 Å². The first-order valence-corrected chi connectivity index (χ1v) is 7.36. The summed E-state index contributed by atoms with van der Waals surface area (Å²) >= 11 is 0. The van der Waals surface area contributed by atoms with E-state index in [1.165, 1.54) is 0 Å². The molecular weight excluding hydrogens is 268 g/mol. The van der Waals surface area contributed by atoms with Gasteiger partial charge in [-0.1, -0.05) is 6.08 Å². The first-order valence-electron chi connectivity index (χ1n) is 7.36. The highest BCUT2D eigenvalue weighted by atomic mass is 16.3. The number of nitrogens with one attached hydrogen (secondary N) is 1. The minimum Gasteiger partial charge on any atom is -0.385 e. The SMILES string of the molecule is C=CC(C)NC(=O)N1CCCC(C(O)c2nccn2C)C1. The number of aryl methyl sites for hydroxylation is 1. The lowest BCUT2D eigenvalue weighted by atomic mass is 9.92. The molecule has 2 amide bonds. The predicted octanol–water partition coefficient (Wildman–Crippen LogP) is 1.45. The molecular formula is C15H24N4O2. The van der Waals surface area contributed by atoms with Crippen molar-refractivity contribution in [2.24, 2.45) is 13.0 Å². The first kappa shape index (κ1) is 15.6. The molecule has 0 bridgehead atoms. The molecule has 1 aliphatic heterocycles. The number of carbonyl (C=O) groups excluding carboxylic acids is 1. The molecule has 0 spiro atoms. The number of likely N-dealkylation sites (tertiary alicyclic amines) is 1. The van der Waals surface area contributed by atoms with Gasteiger partial charge in [-0.25, -0.2) is 9.78 Å². The van der Waals surface area contributed by atoms with Gasteiger partial charge in [0.2, 0.25) is 0 Å². The van der Waals surface area contributed by atoms with Gasteiger partial charge in [-0.15, -0.1) is 6.58 Å². The van der Waals surface area contributed by atoms with Gasteiger partial charge >= 0.3 is 6.03 Å². The standard InChI is InChI=1S/C15H24N4O2/c1-4-11(2)17-15(21)19-8-5-6-12(10-19)13(20)14-16-7-9-18(14)3/h4,7,9,11-13,20H,1,5-6,8,10H2,2-3H3,(H,17,21). The Bertz CT molecular complexity index is 500. The molecule has 6 nitrogen and oxygen atoms in total. The van der Waals surface area contributed by atoms with Crippen LogP contribution < -0.4 is 5.32 Å². The zero-order chi connectivity index (χ0) is 15.4. The quantitative estimate of drug-likeness (QED) is 0.825. The molecule has 0 aromatic carbocycles. The Morgan fingerprint density at radius 2 is 2.43 bits per heavy atom. The van der Waals surface area contributed by atoms with E-state index in [-0.39, 0.29) is 18.0 Å². The summed E-state index contributed by atoms with van der Waals surface area (Å²) in [5, 5.41) is 13.4. The first-order chi connectivity index (χ1) is 10.0. The van der Waals surface area contributed by atoms with Crippen molar-refractivity contribution in [1.29, 1.82) is 0 Å². The highest BCUT2D eigenvalue weighted by Crippen LogP contribution is 2.28. The Kier molecular flexibility index (Phi) is 5.01. The number of hydrogen-bond acceptors (Lipinski definition) is 3. The van der Waals surface area contributed by atoms with Crippen LogP contribution in [0.5, 0.6) is 0 Å². The number of amides is 2. The smallest absolute Gasteiger partial charge is 0.317 e. The van der Waals surface area contributed by atoms with Crippen LogP contribution in [-0.4, -0.2) is 44.7 Å². The van der Waals surface area contributed by atoms with E-state index in [1.807, 2.05) is 24.7 Å². The average molecular weight is 292 g/mol. The minimum absolute atomic E-state index is 0.0182. The predicted molar refractivity (Wildman–Crippen MR) is 80.7 cm³/mol. The fourth-order valence-electron chi connectivity index (χ4n) is 2.67. The summed E-state index contributed by atoms with van der Waals surface area (Å²) in [5.41, 5.74) is 0. The Morgan fingerprint density at radius 1 is 1.67 bits per heavy atom. The molecule has 0 aliphatic carbocycles. The number of aliphatic hydroxyl groups excluding tert-OH is 1. The van der Waals surface area contributed by atoms with Crippen molar-refractivity contribution in [3.8, 4) is 0 Å². The number of urea groups is 1. The van der Waals surface area contributed by atoms with Crippen molar-refractivity contribution in [2.45, 2.75) is 31.9 Å². The minimum atomic E-state index is -0.641. The van der Waals surface area contributed by atoms with Crippen molar-refractivity contribution in [1.82, 2.24) is 19.8 Å². The van der Waals surface area contributed by atoms with Crippen molar-refractivity contribution in [2.75, 3.05) is 13.1 Å². The van der Waals surface area contributed by atoms with Gasteiger partial charge in [-0.05, 0) is 19.8 Å². The normalized spacial score (nSPS) is 21.7. The largest absolute Gasteiger partial charge is 0.385 e. The van der Waals surface area contributed by atoms with Crippen LogP contribution in [0.2, 0.25) is 0 Å². The van der Waals surface area contributed by atoms with Gasteiger partial charge in [0.1, 0.15) is 11.9 Å². The van der Waals surface area contributed by atoms with Crippen molar-refractivity contribution in [3.63, 3.8) is 0 Å². The number of piperidine rings is 1. The lowest BCUT2D eigenvalue weighted by Crippen LogP contribution is -2.48. The molecule has 1 aromatic rings. The van der Waals surface area contributed by atoms with Crippen molar-refractivity contribution in [3.05, 3.63) is 30.9 Å². The van der Waals surface area contributed by atoms with Gasteiger partial charge in [0.15, 0.2) is 0 Å². The van der Waals surface area contributed by atoms with Crippen LogP contribution >= 0.6 is 0 Å². The van der Waals surface area contributed by atoms with E-state index in [4.69, 9.17) is 0 Å². The molecule has 3 atom stereocenters. The van der Waals surface area contributed by atoms with Crippen LogP contribution in [0.4, 0.5) is 4.79 Å². The summed E-state index contributed by atoms with van der Waals surface area (Å²) in [4.78, 5) is 18.1. The van der Waals surface area contributed by atoms with Crippen LogP contribution in [0.3, 0.4) is 0 Å². The Balaban J connectivity index is 1.99. The number of hydrogen-bond donors (Lipinski definition) is 2. The summed E-state index contributed by atoms with van der Waals surface area (Å²) in [5.74, 6) is 0.673. The third kappa shape index (κ3) is 3.64. The van der Waals surface area contributed by atoms with Crippen molar-refractivity contribution < 1.29 is 9.90 Å². The Morgan fingerprint density at radius 3 is 3.05 bits per heavy atom. The van der Waals surface area contributed by atoms with E-state index in [1.54, 1.807) is 17.2 Å². The van der Waals surface area contributed by atoms with E-state index in [2.05, 4.69) is 16.9 Å². The van der Waals surface area contributed by atoms with Crippen LogP contribution in [0.1, 0.15) is 31.7 Å². The molecule has 0 radical (unpaired) electrons. The lowest BCUT2D eigenvalue weighted by molar-refractivity contribution is 0.0531. The van der Waals surface area contributed by atoms with E-state index in [0.717, 1.165) is 19.4 Å². The molecule has 1 saturated heterocycles. The third-order valence-electron chi connectivity index (χ3n) is 4.02. The fraction of sp³-hybridized carbons (Fsp3) is 0.600. The van der Waals surface area contributed by atoms with Gasteiger partial charge in [0.05, 0.1) is 0 Å². The van der Waals surface area contributed by atoms with Crippen LogP contribution in [-0.2, 0) is 7.05 Å². The zero-order valence-corrected chi connectivity index (χ0v) is 12.7. The summed E-state index contributed by atoms with van der Waals surface area (Å²) in [6.45, 7) is 6.81. The number of rotatable bonds is 4. The molecule has 116 valence electrons. The van der Waals surface area contributed by atoms with Crippen LogP contribution in [0, 0.1) is 5.92 Å². The second kappa shape index (κ2) is 6.76. The third-order valence-corrected chi connectivity index (χ3v) is 4.02. The zero-order valence-electron chi connectivity index (χ0n) is 12.7. The maximum atomic E-state index is 12.2. The van der Waals surface area contributed by atoms with E-state index in [9.17, 15) is 9.90 Å². The van der Waals surface area contributed by atoms with Gasteiger partial charge < -0.3 is 19.9 Å². The molecule has 1 aliphatic rings. The van der Waals surface area contributed by atoms with Gasteiger partial charge in [-0.3, -0.25) is 0 Å². The fourth-order valence-corrected chi connectivity index (χ4v) is 2.67. The number of carbonyl (C=O) groups is 1. The Labute approximate surface area is 125 Å². The molecule has 2 N–H and O–H groups in total. The summed E-state index contributed by atoms with van der Waals surface area (Å²) in [6.07, 6.45) is 6.34. The topological polar surface area (TPSA) is 70.4 Å². The summed E-state index contributed by atoms with van der Waals surface area (Å²) in [6, 6.07) is -0.156. The lowest BCUT2D eigenvalue weighted by Gasteiger charge is -2.35. The Hall–Kier alpha value is -1.82. The maximum absolute atomic E-state index is 12.2. The highest BCUT2D eigenvalue weighted by Gasteiger charge is 2.31. The molecule has 0 saturated carbocycles. The van der Waals surface area contributed by atoms with Gasteiger partial charge in [-0.2, -0.15) is 0 Å².